The van der Waals surface area contributed by atoms with Crippen molar-refractivity contribution in [3.63, 3.8) is 0 Å². The van der Waals surface area contributed by atoms with Crippen molar-refractivity contribution in [3.8, 4) is 0 Å². The first-order chi connectivity index (χ1) is 8.31. The summed E-state index contributed by atoms with van der Waals surface area (Å²) in [6.07, 6.45) is 7.89. The van der Waals surface area contributed by atoms with Crippen molar-refractivity contribution in [1.82, 2.24) is 9.38 Å². The molecule has 0 aromatic carbocycles. The minimum atomic E-state index is 0.712. The van der Waals surface area contributed by atoms with Gasteiger partial charge in [-0.25, -0.2) is 4.98 Å². The molecule has 0 atom stereocenters. The number of pyridine rings is 1. The second-order valence-electron chi connectivity index (χ2n) is 3.63. The van der Waals surface area contributed by atoms with E-state index in [9.17, 15) is 0 Å². The molecule has 3 heterocycles. The Kier molecular flexibility index (Phi) is 2.71. The van der Waals surface area contributed by atoms with Gasteiger partial charge < -0.3 is 4.40 Å². The van der Waals surface area contributed by atoms with Crippen molar-refractivity contribution in [1.29, 1.82) is 0 Å². The topological polar surface area (TPSA) is 17.3 Å². The number of halogens is 1. The number of hydrogen-bond acceptors (Lipinski definition) is 2. The van der Waals surface area contributed by atoms with Crippen LogP contribution in [0.1, 0.15) is 10.6 Å². The van der Waals surface area contributed by atoms with E-state index in [1.165, 1.54) is 4.88 Å². The van der Waals surface area contributed by atoms with Crippen LogP contribution in [0.5, 0.6) is 0 Å². The molecule has 17 heavy (non-hydrogen) atoms. The predicted octanol–water partition coefficient (Wildman–Crippen LogP) is 4.22. The number of rotatable bonds is 2. The first-order valence-electron chi connectivity index (χ1n) is 5.17. The molecule has 0 N–H and O–H groups in total. The Hall–Kier alpha value is -1.58. The Bertz CT molecular complexity index is 668. The maximum atomic E-state index is 5.92. The Morgan fingerprint density at radius 2 is 2.12 bits per heavy atom. The number of nitrogens with zero attached hydrogens (tertiary/aromatic N) is 2. The molecule has 0 saturated carbocycles. The van der Waals surface area contributed by atoms with Crippen molar-refractivity contribution < 1.29 is 0 Å². The number of hydrogen-bond donors (Lipinski definition) is 0. The second-order valence-corrected chi connectivity index (χ2v) is 5.04. The summed E-state index contributed by atoms with van der Waals surface area (Å²) < 4.78 is 1.93. The van der Waals surface area contributed by atoms with Crippen molar-refractivity contribution in [2.75, 3.05) is 0 Å². The SMILES string of the molecule is Clc1ccc2nc(/C=C/c3cccs3)cn2c1. The van der Waals surface area contributed by atoms with Crippen LogP contribution in [0.2, 0.25) is 5.02 Å². The van der Waals surface area contributed by atoms with Crippen LogP contribution in [-0.4, -0.2) is 9.38 Å². The Morgan fingerprint density at radius 1 is 1.18 bits per heavy atom. The van der Waals surface area contributed by atoms with Gasteiger partial charge >= 0.3 is 0 Å². The van der Waals surface area contributed by atoms with Gasteiger partial charge in [0, 0.05) is 17.3 Å². The molecule has 0 bridgehead atoms. The van der Waals surface area contributed by atoms with E-state index in [0.29, 0.717) is 5.02 Å². The van der Waals surface area contributed by atoms with Crippen LogP contribution >= 0.6 is 22.9 Å². The summed E-state index contributed by atoms with van der Waals surface area (Å²) >= 11 is 7.63. The predicted molar refractivity (Wildman–Crippen MR) is 73.4 cm³/mol. The molecule has 0 unspecified atom stereocenters. The number of thiophene rings is 1. The van der Waals surface area contributed by atoms with Gasteiger partial charge in [0.05, 0.1) is 10.7 Å². The summed E-state index contributed by atoms with van der Waals surface area (Å²) in [5.74, 6) is 0. The van der Waals surface area contributed by atoms with Gasteiger partial charge in [0.2, 0.25) is 0 Å². The summed E-state index contributed by atoms with van der Waals surface area (Å²) in [5, 5.41) is 2.77. The van der Waals surface area contributed by atoms with Gasteiger partial charge in [-0.1, -0.05) is 17.7 Å². The molecule has 0 fully saturated rings. The molecule has 3 aromatic heterocycles. The zero-order chi connectivity index (χ0) is 11.7. The standard InChI is InChI=1S/C13H9ClN2S/c14-10-3-6-13-15-11(9-16(13)8-10)4-5-12-2-1-7-17-12/h1-9H/b5-4+. The molecule has 0 radical (unpaired) electrons. The first-order valence-corrected chi connectivity index (χ1v) is 6.43. The molecule has 0 aliphatic carbocycles. The van der Waals surface area contributed by atoms with E-state index in [4.69, 9.17) is 11.6 Å². The molecule has 3 aromatic rings. The quantitative estimate of drug-likeness (QED) is 0.674. The van der Waals surface area contributed by atoms with Crippen LogP contribution in [-0.2, 0) is 0 Å². The van der Waals surface area contributed by atoms with E-state index >= 15 is 0 Å². The Labute approximate surface area is 108 Å². The maximum Gasteiger partial charge on any atom is 0.137 e. The van der Waals surface area contributed by atoms with Gasteiger partial charge in [-0.05, 0) is 35.7 Å². The highest BCUT2D eigenvalue weighted by Gasteiger charge is 1.98. The lowest BCUT2D eigenvalue weighted by molar-refractivity contribution is 1.19. The fourth-order valence-corrected chi connectivity index (χ4v) is 2.40. The van der Waals surface area contributed by atoms with Crippen molar-refractivity contribution in [3.05, 3.63) is 57.6 Å². The molecular formula is C13H9ClN2S. The van der Waals surface area contributed by atoms with E-state index in [0.717, 1.165) is 11.3 Å². The highest BCUT2D eigenvalue weighted by Crippen LogP contribution is 2.15. The molecular weight excluding hydrogens is 252 g/mol. The van der Waals surface area contributed by atoms with Crippen LogP contribution in [0.4, 0.5) is 0 Å². The molecule has 0 saturated heterocycles. The second kappa shape index (κ2) is 4.35. The lowest BCUT2D eigenvalue weighted by Crippen LogP contribution is -1.79. The molecule has 0 spiro atoms. The van der Waals surface area contributed by atoms with Crippen molar-refractivity contribution >= 4 is 40.7 Å². The van der Waals surface area contributed by atoms with Gasteiger partial charge in [0.1, 0.15) is 5.65 Å². The van der Waals surface area contributed by atoms with Crippen LogP contribution in [0, 0.1) is 0 Å². The number of fused-ring (bicyclic) bond motifs is 1. The van der Waals surface area contributed by atoms with Crippen LogP contribution in [0.3, 0.4) is 0 Å². The zero-order valence-corrected chi connectivity index (χ0v) is 10.4. The third-order valence-electron chi connectivity index (χ3n) is 2.40. The third kappa shape index (κ3) is 2.25. The fourth-order valence-electron chi connectivity index (χ4n) is 1.62. The smallest absolute Gasteiger partial charge is 0.137 e. The molecule has 4 heteroatoms. The molecule has 3 rings (SSSR count). The van der Waals surface area contributed by atoms with Crippen LogP contribution < -0.4 is 0 Å². The summed E-state index contributed by atoms with van der Waals surface area (Å²) in [6.45, 7) is 0. The average Bonchev–Trinajstić information content (AvgIpc) is 2.94. The van der Waals surface area contributed by atoms with Gasteiger partial charge in [-0.2, -0.15) is 0 Å². The van der Waals surface area contributed by atoms with E-state index in [-0.39, 0.29) is 0 Å². The molecule has 0 aliphatic heterocycles. The van der Waals surface area contributed by atoms with Crippen LogP contribution in [0.15, 0.2) is 42.0 Å². The van der Waals surface area contributed by atoms with Gasteiger partial charge in [-0.15, -0.1) is 11.3 Å². The highest BCUT2D eigenvalue weighted by molar-refractivity contribution is 7.10. The summed E-state index contributed by atoms with van der Waals surface area (Å²) in [7, 11) is 0. The van der Waals surface area contributed by atoms with E-state index in [1.807, 2.05) is 41.1 Å². The average molecular weight is 261 g/mol. The minimum Gasteiger partial charge on any atom is -0.305 e. The summed E-state index contributed by atoms with van der Waals surface area (Å²) in [5.41, 5.74) is 1.83. The third-order valence-corrected chi connectivity index (χ3v) is 3.46. The Balaban J connectivity index is 1.96. The molecule has 84 valence electrons. The fraction of sp³-hybridized carbons (Fsp3) is 0. The van der Waals surface area contributed by atoms with E-state index in [2.05, 4.69) is 22.5 Å². The van der Waals surface area contributed by atoms with Crippen molar-refractivity contribution in [2.45, 2.75) is 0 Å². The van der Waals surface area contributed by atoms with Crippen LogP contribution in [0.25, 0.3) is 17.8 Å². The normalized spacial score (nSPS) is 11.6. The van der Waals surface area contributed by atoms with Crippen molar-refractivity contribution in [2.24, 2.45) is 0 Å². The highest BCUT2D eigenvalue weighted by atomic mass is 35.5. The maximum absolute atomic E-state index is 5.92. The number of imidazole rings is 1. The van der Waals surface area contributed by atoms with Gasteiger partial charge in [0.15, 0.2) is 0 Å². The Morgan fingerprint density at radius 3 is 2.94 bits per heavy atom. The molecule has 2 nitrogen and oxygen atoms in total. The molecule has 0 aliphatic rings. The summed E-state index contributed by atoms with van der Waals surface area (Å²) in [4.78, 5) is 5.70. The monoisotopic (exact) mass is 260 g/mol. The lowest BCUT2D eigenvalue weighted by Gasteiger charge is -1.91. The van der Waals surface area contributed by atoms with Gasteiger partial charge in [-0.3, -0.25) is 0 Å². The molecule has 0 amide bonds. The minimum absolute atomic E-state index is 0.712. The number of aromatic nitrogens is 2. The lowest BCUT2D eigenvalue weighted by atomic mass is 10.3. The van der Waals surface area contributed by atoms with Gasteiger partial charge in [0.25, 0.3) is 0 Å². The summed E-state index contributed by atoms with van der Waals surface area (Å²) in [6, 6.07) is 7.86. The van der Waals surface area contributed by atoms with E-state index in [1.54, 1.807) is 11.3 Å². The zero-order valence-electron chi connectivity index (χ0n) is 8.88. The first kappa shape index (κ1) is 10.6. The largest absolute Gasteiger partial charge is 0.305 e. The van der Waals surface area contributed by atoms with E-state index < -0.39 is 0 Å².